The molecule has 3 aromatic rings. The van der Waals surface area contributed by atoms with Crippen LogP contribution in [0.3, 0.4) is 0 Å². The molecule has 0 aliphatic carbocycles. The van der Waals surface area contributed by atoms with Gasteiger partial charge < -0.3 is 30.7 Å². The molecule has 2 aromatic carbocycles. The van der Waals surface area contributed by atoms with Gasteiger partial charge in [-0.25, -0.2) is 4.98 Å². The fourth-order valence-corrected chi connectivity index (χ4v) is 4.36. The van der Waals surface area contributed by atoms with Crippen LogP contribution in [0.25, 0.3) is 21.8 Å². The Bertz CT molecular complexity index is 983. The van der Waals surface area contributed by atoms with Gasteiger partial charge in [0.2, 0.25) is 0 Å². The zero-order valence-corrected chi connectivity index (χ0v) is 21.3. The first-order chi connectivity index (χ1) is 16.6. The standard InChI is InChI=1S/C27H41N5O2/c1-5-31(6-2)13-15-33-24-11-9-20-17-21-10-12-25(34-16-14-32(7-3)8-4)23(19-29)27(21)30-26(20)22(24)18-28/h9-12,17H,5-8,13-16,18-19,28-29H2,1-4H3. The van der Waals surface area contributed by atoms with Crippen molar-refractivity contribution in [1.82, 2.24) is 14.8 Å². The van der Waals surface area contributed by atoms with Gasteiger partial charge in [-0.2, -0.15) is 0 Å². The van der Waals surface area contributed by atoms with Crippen LogP contribution in [0.4, 0.5) is 0 Å². The second kappa shape index (κ2) is 12.9. The molecule has 0 saturated carbocycles. The SMILES string of the molecule is CCN(CC)CCOc1ccc2cc3ccc(OCCN(CC)CC)c(CN)c3nc2c1CN. The van der Waals surface area contributed by atoms with Crippen LogP contribution in [0.1, 0.15) is 38.8 Å². The third kappa shape index (κ3) is 5.96. The smallest absolute Gasteiger partial charge is 0.126 e. The van der Waals surface area contributed by atoms with E-state index in [1.54, 1.807) is 0 Å². The summed E-state index contributed by atoms with van der Waals surface area (Å²) in [6.45, 7) is 16.4. The van der Waals surface area contributed by atoms with Crippen molar-refractivity contribution in [3.63, 3.8) is 0 Å². The largest absolute Gasteiger partial charge is 0.492 e. The first-order valence-electron chi connectivity index (χ1n) is 12.6. The van der Waals surface area contributed by atoms with Crippen molar-refractivity contribution in [1.29, 1.82) is 0 Å². The van der Waals surface area contributed by atoms with Crippen LogP contribution < -0.4 is 20.9 Å². The molecule has 7 nitrogen and oxygen atoms in total. The first-order valence-corrected chi connectivity index (χ1v) is 12.6. The molecule has 0 saturated heterocycles. The van der Waals surface area contributed by atoms with Crippen molar-refractivity contribution in [3.8, 4) is 11.5 Å². The number of hydrogen-bond donors (Lipinski definition) is 2. The molecule has 0 radical (unpaired) electrons. The third-order valence-corrected chi connectivity index (χ3v) is 6.60. The van der Waals surface area contributed by atoms with Gasteiger partial charge in [-0.05, 0) is 56.5 Å². The topological polar surface area (TPSA) is 89.9 Å². The molecule has 0 atom stereocenters. The number of nitrogens with two attached hydrogens (primary N) is 2. The number of ether oxygens (including phenoxy) is 2. The summed E-state index contributed by atoms with van der Waals surface area (Å²) in [7, 11) is 0. The number of nitrogens with zero attached hydrogens (tertiary/aromatic N) is 3. The zero-order valence-electron chi connectivity index (χ0n) is 21.3. The normalized spacial score (nSPS) is 11.8. The van der Waals surface area contributed by atoms with Gasteiger partial charge in [-0.3, -0.25) is 0 Å². The van der Waals surface area contributed by atoms with Gasteiger partial charge >= 0.3 is 0 Å². The average molecular weight is 468 g/mol. The summed E-state index contributed by atoms with van der Waals surface area (Å²) in [5.74, 6) is 1.60. The molecule has 0 spiro atoms. The van der Waals surface area contributed by atoms with Gasteiger partial charge in [-0.1, -0.05) is 27.7 Å². The van der Waals surface area contributed by atoms with E-state index in [9.17, 15) is 0 Å². The lowest BCUT2D eigenvalue weighted by Gasteiger charge is -2.20. The number of likely N-dealkylation sites (N-methyl/N-ethyl adjacent to an activating group) is 2. The second-order valence-corrected chi connectivity index (χ2v) is 8.38. The Kier molecular flexibility index (Phi) is 9.89. The molecule has 1 heterocycles. The minimum absolute atomic E-state index is 0.356. The Morgan fingerprint density at radius 3 is 1.44 bits per heavy atom. The van der Waals surface area contributed by atoms with Gasteiger partial charge in [0, 0.05) is 48.1 Å². The summed E-state index contributed by atoms with van der Waals surface area (Å²) >= 11 is 0. The molecule has 3 rings (SSSR count). The van der Waals surface area contributed by atoms with E-state index >= 15 is 0 Å². The molecule has 1 aromatic heterocycles. The monoisotopic (exact) mass is 467 g/mol. The van der Waals surface area contributed by atoms with Crippen LogP contribution in [0.2, 0.25) is 0 Å². The number of hydrogen-bond acceptors (Lipinski definition) is 7. The first kappa shape index (κ1) is 26.2. The number of rotatable bonds is 14. The van der Waals surface area contributed by atoms with E-state index in [1.807, 2.05) is 12.1 Å². The van der Waals surface area contributed by atoms with Gasteiger partial charge in [0.1, 0.15) is 24.7 Å². The predicted molar refractivity (Wildman–Crippen MR) is 142 cm³/mol. The maximum absolute atomic E-state index is 6.18. The minimum Gasteiger partial charge on any atom is -0.492 e. The molecule has 0 aliphatic rings. The molecule has 4 N–H and O–H groups in total. The highest BCUT2D eigenvalue weighted by molar-refractivity contribution is 5.97. The van der Waals surface area contributed by atoms with E-state index in [0.717, 1.165) is 83.7 Å². The maximum atomic E-state index is 6.18. The highest BCUT2D eigenvalue weighted by atomic mass is 16.5. The fourth-order valence-electron chi connectivity index (χ4n) is 4.36. The fraction of sp³-hybridized carbons (Fsp3) is 0.519. The highest BCUT2D eigenvalue weighted by Crippen LogP contribution is 2.33. The third-order valence-electron chi connectivity index (χ3n) is 6.60. The number of benzene rings is 2. The van der Waals surface area contributed by atoms with Gasteiger partial charge in [0.15, 0.2) is 0 Å². The molecular formula is C27H41N5O2. The number of aromatic nitrogens is 1. The van der Waals surface area contributed by atoms with Crippen molar-refractivity contribution < 1.29 is 9.47 Å². The highest BCUT2D eigenvalue weighted by Gasteiger charge is 2.15. The summed E-state index contributed by atoms with van der Waals surface area (Å²) in [5.41, 5.74) is 15.9. The second-order valence-electron chi connectivity index (χ2n) is 8.38. The minimum atomic E-state index is 0.356. The summed E-state index contributed by atoms with van der Waals surface area (Å²) < 4.78 is 12.3. The zero-order chi connectivity index (χ0) is 24.5. The Morgan fingerprint density at radius 1 is 0.676 bits per heavy atom. The van der Waals surface area contributed by atoms with E-state index in [-0.39, 0.29) is 0 Å². The van der Waals surface area contributed by atoms with E-state index in [1.165, 1.54) is 0 Å². The van der Waals surface area contributed by atoms with E-state index in [4.69, 9.17) is 25.9 Å². The van der Waals surface area contributed by atoms with Crippen LogP contribution in [-0.2, 0) is 13.1 Å². The van der Waals surface area contributed by atoms with Crippen molar-refractivity contribution in [2.45, 2.75) is 40.8 Å². The van der Waals surface area contributed by atoms with Crippen LogP contribution >= 0.6 is 0 Å². The summed E-state index contributed by atoms with van der Waals surface area (Å²) in [5, 5.41) is 2.09. The lowest BCUT2D eigenvalue weighted by Crippen LogP contribution is -2.28. The molecule has 7 heteroatoms. The Morgan fingerprint density at radius 2 is 1.09 bits per heavy atom. The molecule has 0 unspecified atom stereocenters. The van der Waals surface area contributed by atoms with Crippen molar-refractivity contribution in [2.24, 2.45) is 11.5 Å². The summed E-state index contributed by atoms with van der Waals surface area (Å²) in [6, 6.07) is 10.3. The van der Waals surface area contributed by atoms with Crippen molar-refractivity contribution >= 4 is 21.8 Å². The summed E-state index contributed by atoms with van der Waals surface area (Å²) in [4.78, 5) is 9.73. The van der Waals surface area contributed by atoms with Gasteiger partial charge in [0.25, 0.3) is 0 Å². The lowest BCUT2D eigenvalue weighted by atomic mass is 10.0. The van der Waals surface area contributed by atoms with Crippen molar-refractivity contribution in [3.05, 3.63) is 41.5 Å². The average Bonchev–Trinajstić information content (AvgIpc) is 2.87. The van der Waals surface area contributed by atoms with Crippen LogP contribution in [0.5, 0.6) is 11.5 Å². The van der Waals surface area contributed by atoms with Gasteiger partial charge in [0.05, 0.1) is 11.0 Å². The molecular weight excluding hydrogens is 426 g/mol. The van der Waals surface area contributed by atoms with E-state index < -0.39 is 0 Å². The Hall–Kier alpha value is -2.45. The maximum Gasteiger partial charge on any atom is 0.126 e. The molecule has 0 fully saturated rings. The lowest BCUT2D eigenvalue weighted by molar-refractivity contribution is 0.222. The number of pyridine rings is 1. The molecule has 0 aliphatic heterocycles. The Labute approximate surface area is 204 Å². The van der Waals surface area contributed by atoms with Crippen molar-refractivity contribution in [2.75, 3.05) is 52.5 Å². The van der Waals surface area contributed by atoms with Crippen LogP contribution in [0.15, 0.2) is 30.3 Å². The predicted octanol–water partition coefficient (Wildman–Crippen LogP) is 3.75. The number of fused-ring (bicyclic) bond motifs is 2. The molecule has 34 heavy (non-hydrogen) atoms. The Balaban J connectivity index is 1.93. The molecule has 0 bridgehead atoms. The quantitative estimate of drug-likeness (QED) is 0.349. The van der Waals surface area contributed by atoms with E-state index in [2.05, 4.69) is 55.7 Å². The summed E-state index contributed by atoms with van der Waals surface area (Å²) in [6.07, 6.45) is 0. The van der Waals surface area contributed by atoms with Crippen LogP contribution in [-0.4, -0.2) is 67.3 Å². The molecule has 186 valence electrons. The van der Waals surface area contributed by atoms with Crippen LogP contribution in [0, 0.1) is 0 Å². The molecule has 0 amide bonds. The van der Waals surface area contributed by atoms with E-state index in [0.29, 0.717) is 26.3 Å². The van der Waals surface area contributed by atoms with Gasteiger partial charge in [-0.15, -0.1) is 0 Å².